The minimum absolute atomic E-state index is 0. The maximum absolute atomic E-state index is 11.2. The molecule has 0 aliphatic heterocycles. The third-order valence-corrected chi connectivity index (χ3v) is 3.42. The molecule has 2 aliphatic rings. The summed E-state index contributed by atoms with van der Waals surface area (Å²) < 4.78 is 4.74. The highest BCUT2D eigenvalue weighted by Crippen LogP contribution is 2.47. The fourth-order valence-corrected chi connectivity index (χ4v) is 2.76. The zero-order valence-corrected chi connectivity index (χ0v) is 8.55. The molecule has 2 saturated carbocycles. The van der Waals surface area contributed by atoms with Gasteiger partial charge in [0.15, 0.2) is 0 Å². The number of rotatable bonds is 1. The van der Waals surface area contributed by atoms with Crippen molar-refractivity contribution in [2.75, 3.05) is 7.11 Å². The lowest BCUT2D eigenvalue weighted by atomic mass is 9.86. The smallest absolute Gasteiger partial charge is 0.308 e. The Morgan fingerprint density at radius 3 is 2.38 bits per heavy atom. The van der Waals surface area contributed by atoms with Crippen LogP contribution in [0, 0.1) is 17.8 Å². The molecule has 2 fully saturated rings. The first-order valence-electron chi connectivity index (χ1n) is 4.55. The Bertz CT molecular complexity index is 208. The maximum atomic E-state index is 11.2. The Morgan fingerprint density at radius 1 is 1.31 bits per heavy atom. The number of halogens is 1. The van der Waals surface area contributed by atoms with Gasteiger partial charge in [-0.1, -0.05) is 0 Å². The summed E-state index contributed by atoms with van der Waals surface area (Å²) in [5.74, 6) is 1.21. The lowest BCUT2D eigenvalue weighted by molar-refractivity contribution is -0.147. The molecule has 2 bridgehead atoms. The Balaban J connectivity index is 0.000000845. The third kappa shape index (κ3) is 1.67. The average Bonchev–Trinajstić information content (AvgIpc) is 2.60. The van der Waals surface area contributed by atoms with Gasteiger partial charge in [0, 0.05) is 6.04 Å². The van der Waals surface area contributed by atoms with Gasteiger partial charge >= 0.3 is 5.97 Å². The van der Waals surface area contributed by atoms with Crippen molar-refractivity contribution >= 4 is 18.4 Å². The van der Waals surface area contributed by atoms with Crippen molar-refractivity contribution in [3.8, 4) is 0 Å². The van der Waals surface area contributed by atoms with Crippen molar-refractivity contribution in [3.63, 3.8) is 0 Å². The molecule has 0 heterocycles. The van der Waals surface area contributed by atoms with Crippen LogP contribution >= 0.6 is 12.4 Å². The van der Waals surface area contributed by atoms with Crippen LogP contribution in [0.3, 0.4) is 0 Å². The van der Waals surface area contributed by atoms with Crippen molar-refractivity contribution in [2.45, 2.75) is 25.3 Å². The molecule has 0 radical (unpaired) electrons. The molecule has 76 valence electrons. The predicted octanol–water partition coefficient (Wildman–Crippen LogP) is 0.955. The fourth-order valence-electron chi connectivity index (χ4n) is 2.76. The van der Waals surface area contributed by atoms with Crippen LogP contribution in [-0.4, -0.2) is 19.1 Å². The van der Waals surface area contributed by atoms with E-state index in [1.807, 2.05) is 0 Å². The van der Waals surface area contributed by atoms with E-state index in [-0.39, 0.29) is 24.3 Å². The second-order valence-corrected chi connectivity index (χ2v) is 4.02. The molecule has 2 N–H and O–H groups in total. The SMILES string of the molecule is COC(=O)[C@H]1C[C@@H]2C[C@H]1CC2N.Cl. The molecule has 0 aromatic heterocycles. The lowest BCUT2D eigenvalue weighted by Crippen LogP contribution is -2.32. The minimum atomic E-state index is -0.0330. The van der Waals surface area contributed by atoms with Gasteiger partial charge in [0.25, 0.3) is 0 Å². The van der Waals surface area contributed by atoms with E-state index in [0.29, 0.717) is 17.9 Å². The molecule has 3 nitrogen and oxygen atoms in total. The second-order valence-electron chi connectivity index (χ2n) is 4.02. The summed E-state index contributed by atoms with van der Waals surface area (Å²) in [7, 11) is 1.47. The number of methoxy groups -OCH3 is 1. The molecule has 0 spiro atoms. The van der Waals surface area contributed by atoms with E-state index >= 15 is 0 Å². The van der Waals surface area contributed by atoms with E-state index in [1.165, 1.54) is 7.11 Å². The summed E-state index contributed by atoms with van der Waals surface area (Å²) >= 11 is 0. The molecule has 13 heavy (non-hydrogen) atoms. The van der Waals surface area contributed by atoms with Crippen LogP contribution in [0.15, 0.2) is 0 Å². The van der Waals surface area contributed by atoms with Crippen LogP contribution in [0.1, 0.15) is 19.3 Å². The standard InChI is InChI=1S/C9H15NO2.ClH/c1-12-9(11)7-3-6-2-5(7)4-8(6)10;/h5-8H,2-4,10H2,1H3;1H/t5-,6-,7-,8?;/m0./s1. The summed E-state index contributed by atoms with van der Waals surface area (Å²) in [5.41, 5.74) is 5.87. The van der Waals surface area contributed by atoms with Gasteiger partial charge in [-0.15, -0.1) is 12.4 Å². The quantitative estimate of drug-likeness (QED) is 0.649. The summed E-state index contributed by atoms with van der Waals surface area (Å²) in [5, 5.41) is 0. The number of ether oxygens (including phenoxy) is 1. The van der Waals surface area contributed by atoms with E-state index < -0.39 is 0 Å². The third-order valence-electron chi connectivity index (χ3n) is 3.42. The van der Waals surface area contributed by atoms with Crippen LogP contribution in [0.5, 0.6) is 0 Å². The van der Waals surface area contributed by atoms with Gasteiger partial charge in [-0.05, 0) is 31.1 Å². The van der Waals surface area contributed by atoms with Crippen molar-refractivity contribution < 1.29 is 9.53 Å². The summed E-state index contributed by atoms with van der Waals surface area (Å²) in [4.78, 5) is 11.2. The first kappa shape index (κ1) is 10.8. The van der Waals surface area contributed by atoms with E-state index in [2.05, 4.69) is 0 Å². The lowest BCUT2D eigenvalue weighted by Gasteiger charge is -2.23. The Morgan fingerprint density at radius 2 is 2.00 bits per heavy atom. The Kier molecular flexibility index (Phi) is 3.19. The van der Waals surface area contributed by atoms with Gasteiger partial charge in [0.05, 0.1) is 13.0 Å². The molecular formula is C9H16ClNO2. The number of esters is 1. The summed E-state index contributed by atoms with van der Waals surface area (Å²) in [6, 6.07) is 0.343. The van der Waals surface area contributed by atoms with Crippen LogP contribution in [-0.2, 0) is 9.53 Å². The largest absolute Gasteiger partial charge is 0.469 e. The number of hydrogen-bond donors (Lipinski definition) is 1. The van der Waals surface area contributed by atoms with E-state index in [1.54, 1.807) is 0 Å². The van der Waals surface area contributed by atoms with Gasteiger partial charge in [0.2, 0.25) is 0 Å². The predicted molar refractivity (Wildman–Crippen MR) is 51.6 cm³/mol. The van der Waals surface area contributed by atoms with Crippen LogP contribution in [0.25, 0.3) is 0 Å². The number of hydrogen-bond acceptors (Lipinski definition) is 3. The number of carbonyl (C=O) groups is 1. The second kappa shape index (κ2) is 3.84. The zero-order valence-electron chi connectivity index (χ0n) is 7.73. The number of carbonyl (C=O) groups excluding carboxylic acids is 1. The molecule has 0 saturated heterocycles. The molecule has 2 rings (SSSR count). The van der Waals surface area contributed by atoms with E-state index in [9.17, 15) is 4.79 Å². The first-order valence-corrected chi connectivity index (χ1v) is 4.55. The van der Waals surface area contributed by atoms with Crippen LogP contribution in [0.4, 0.5) is 0 Å². The van der Waals surface area contributed by atoms with Gasteiger partial charge < -0.3 is 10.5 Å². The molecule has 0 aromatic rings. The molecule has 4 atom stereocenters. The highest BCUT2D eigenvalue weighted by atomic mass is 35.5. The first-order chi connectivity index (χ1) is 5.72. The zero-order chi connectivity index (χ0) is 8.72. The molecule has 1 unspecified atom stereocenters. The molecular weight excluding hydrogens is 190 g/mol. The number of nitrogens with two attached hydrogens (primary N) is 1. The van der Waals surface area contributed by atoms with Crippen LogP contribution < -0.4 is 5.73 Å². The monoisotopic (exact) mass is 205 g/mol. The van der Waals surface area contributed by atoms with E-state index in [4.69, 9.17) is 10.5 Å². The molecule has 2 aliphatic carbocycles. The van der Waals surface area contributed by atoms with Crippen molar-refractivity contribution in [1.82, 2.24) is 0 Å². The molecule has 0 aromatic carbocycles. The van der Waals surface area contributed by atoms with E-state index in [0.717, 1.165) is 19.3 Å². The van der Waals surface area contributed by atoms with Gasteiger partial charge in [-0.3, -0.25) is 4.79 Å². The minimum Gasteiger partial charge on any atom is -0.469 e. The highest BCUT2D eigenvalue weighted by Gasteiger charge is 2.47. The van der Waals surface area contributed by atoms with Gasteiger partial charge in [-0.25, -0.2) is 0 Å². The summed E-state index contributed by atoms with van der Waals surface area (Å²) in [6.45, 7) is 0. The Labute approximate surface area is 84.4 Å². The average molecular weight is 206 g/mol. The van der Waals surface area contributed by atoms with Crippen molar-refractivity contribution in [3.05, 3.63) is 0 Å². The normalized spacial score (nSPS) is 41.4. The topological polar surface area (TPSA) is 52.3 Å². The maximum Gasteiger partial charge on any atom is 0.308 e. The Hall–Kier alpha value is -0.280. The molecule has 0 amide bonds. The fraction of sp³-hybridized carbons (Fsp3) is 0.889. The highest BCUT2D eigenvalue weighted by molar-refractivity contribution is 5.85. The van der Waals surface area contributed by atoms with Crippen LogP contribution in [0.2, 0.25) is 0 Å². The number of fused-ring (bicyclic) bond motifs is 2. The van der Waals surface area contributed by atoms with Gasteiger partial charge in [0.1, 0.15) is 0 Å². The van der Waals surface area contributed by atoms with Gasteiger partial charge in [-0.2, -0.15) is 0 Å². The van der Waals surface area contributed by atoms with Crippen molar-refractivity contribution in [2.24, 2.45) is 23.5 Å². The summed E-state index contributed by atoms with van der Waals surface area (Å²) in [6.07, 6.45) is 3.11. The molecule has 4 heteroatoms. The van der Waals surface area contributed by atoms with Crippen molar-refractivity contribution in [1.29, 1.82) is 0 Å².